The average Bonchev–Trinajstić information content (AvgIpc) is 2.36. The fourth-order valence-corrected chi connectivity index (χ4v) is 2.39. The number of anilines is 1. The Hall–Kier alpha value is -1.89. The highest BCUT2D eigenvalue weighted by atomic mass is 32.2. The highest BCUT2D eigenvalue weighted by Crippen LogP contribution is 2.20. The summed E-state index contributed by atoms with van der Waals surface area (Å²) in [7, 11) is -3.32. The first-order chi connectivity index (χ1) is 9.70. The topological polar surface area (TPSA) is 101 Å². The molecule has 1 aromatic rings. The zero-order valence-electron chi connectivity index (χ0n) is 12.0. The molecule has 0 bridgehead atoms. The molecule has 116 valence electrons. The SMILES string of the molecule is Cc1ccc(S(C)(=O)=O)cc1NC(=O)CCCCC(=O)O. The first-order valence-corrected chi connectivity index (χ1v) is 8.41. The predicted octanol–water partition coefficient (Wildman–Crippen LogP) is 1.98. The van der Waals surface area contributed by atoms with Crippen molar-refractivity contribution in [2.24, 2.45) is 0 Å². The minimum absolute atomic E-state index is 0.0376. The van der Waals surface area contributed by atoms with Crippen LogP contribution in [0, 0.1) is 6.92 Å². The van der Waals surface area contributed by atoms with Gasteiger partial charge in [0.05, 0.1) is 4.90 Å². The number of carbonyl (C=O) groups is 2. The number of sulfone groups is 1. The van der Waals surface area contributed by atoms with Crippen LogP contribution in [-0.4, -0.2) is 31.7 Å². The number of benzene rings is 1. The molecule has 0 unspecified atom stereocenters. The fourth-order valence-electron chi connectivity index (χ4n) is 1.74. The van der Waals surface area contributed by atoms with Gasteiger partial charge in [0.25, 0.3) is 0 Å². The molecule has 0 fully saturated rings. The molecule has 0 radical (unpaired) electrons. The Balaban J connectivity index is 2.65. The largest absolute Gasteiger partial charge is 0.481 e. The second-order valence-electron chi connectivity index (χ2n) is 4.90. The molecule has 0 spiro atoms. The van der Waals surface area contributed by atoms with E-state index < -0.39 is 15.8 Å². The van der Waals surface area contributed by atoms with Crippen LogP contribution in [0.2, 0.25) is 0 Å². The molecule has 1 amide bonds. The lowest BCUT2D eigenvalue weighted by Crippen LogP contribution is -2.13. The van der Waals surface area contributed by atoms with E-state index in [0.29, 0.717) is 18.5 Å². The van der Waals surface area contributed by atoms with Crippen LogP contribution in [0.1, 0.15) is 31.2 Å². The van der Waals surface area contributed by atoms with Crippen molar-refractivity contribution in [1.82, 2.24) is 0 Å². The molecule has 0 aliphatic rings. The van der Waals surface area contributed by atoms with Crippen LogP contribution >= 0.6 is 0 Å². The number of hydrogen-bond acceptors (Lipinski definition) is 4. The van der Waals surface area contributed by atoms with E-state index in [-0.39, 0.29) is 23.6 Å². The third kappa shape index (κ3) is 5.95. The molecule has 0 atom stereocenters. The summed E-state index contributed by atoms with van der Waals surface area (Å²) in [6, 6.07) is 4.56. The highest BCUT2D eigenvalue weighted by Gasteiger charge is 2.11. The first-order valence-electron chi connectivity index (χ1n) is 6.52. The molecule has 0 aliphatic heterocycles. The van der Waals surface area contributed by atoms with E-state index in [1.807, 2.05) is 0 Å². The van der Waals surface area contributed by atoms with Crippen molar-refractivity contribution in [3.8, 4) is 0 Å². The van der Waals surface area contributed by atoms with Gasteiger partial charge in [0.1, 0.15) is 0 Å². The number of aliphatic carboxylic acids is 1. The van der Waals surface area contributed by atoms with Gasteiger partial charge in [-0.3, -0.25) is 9.59 Å². The monoisotopic (exact) mass is 313 g/mol. The summed E-state index contributed by atoms with van der Waals surface area (Å²) in [5.41, 5.74) is 1.22. The molecule has 1 rings (SSSR count). The molecule has 0 heterocycles. The lowest BCUT2D eigenvalue weighted by atomic mass is 10.1. The Morgan fingerprint density at radius 3 is 2.38 bits per heavy atom. The zero-order valence-corrected chi connectivity index (χ0v) is 12.9. The van der Waals surface area contributed by atoms with Gasteiger partial charge in [0.2, 0.25) is 5.91 Å². The van der Waals surface area contributed by atoms with Crippen LogP contribution in [0.15, 0.2) is 23.1 Å². The van der Waals surface area contributed by atoms with Crippen molar-refractivity contribution in [1.29, 1.82) is 0 Å². The number of unbranched alkanes of at least 4 members (excludes halogenated alkanes) is 1. The van der Waals surface area contributed by atoms with Gasteiger partial charge in [0, 0.05) is 24.8 Å². The van der Waals surface area contributed by atoms with Gasteiger partial charge in [-0.15, -0.1) is 0 Å². The molecule has 1 aromatic carbocycles. The lowest BCUT2D eigenvalue weighted by molar-refractivity contribution is -0.137. The van der Waals surface area contributed by atoms with Crippen molar-refractivity contribution in [3.05, 3.63) is 23.8 Å². The number of carboxylic acids is 1. The van der Waals surface area contributed by atoms with Gasteiger partial charge in [0.15, 0.2) is 9.84 Å². The van der Waals surface area contributed by atoms with E-state index in [0.717, 1.165) is 11.8 Å². The van der Waals surface area contributed by atoms with Crippen molar-refractivity contribution in [2.75, 3.05) is 11.6 Å². The quantitative estimate of drug-likeness (QED) is 0.750. The van der Waals surface area contributed by atoms with Crippen LogP contribution in [0.5, 0.6) is 0 Å². The van der Waals surface area contributed by atoms with Gasteiger partial charge in [-0.2, -0.15) is 0 Å². The Morgan fingerprint density at radius 2 is 1.81 bits per heavy atom. The number of aryl methyl sites for hydroxylation is 1. The number of carbonyl (C=O) groups excluding carboxylic acids is 1. The number of hydrogen-bond donors (Lipinski definition) is 2. The van der Waals surface area contributed by atoms with E-state index in [1.165, 1.54) is 12.1 Å². The van der Waals surface area contributed by atoms with Gasteiger partial charge in [-0.05, 0) is 37.5 Å². The maximum absolute atomic E-state index is 11.8. The number of nitrogens with one attached hydrogen (secondary N) is 1. The van der Waals surface area contributed by atoms with Crippen LogP contribution in [0.3, 0.4) is 0 Å². The normalized spacial score (nSPS) is 11.1. The van der Waals surface area contributed by atoms with Crippen molar-refractivity contribution in [3.63, 3.8) is 0 Å². The third-order valence-corrected chi connectivity index (χ3v) is 4.07. The highest BCUT2D eigenvalue weighted by molar-refractivity contribution is 7.90. The molecule has 0 aliphatic carbocycles. The van der Waals surface area contributed by atoms with Crippen molar-refractivity contribution in [2.45, 2.75) is 37.5 Å². The van der Waals surface area contributed by atoms with E-state index in [2.05, 4.69) is 5.32 Å². The van der Waals surface area contributed by atoms with E-state index in [1.54, 1.807) is 13.0 Å². The number of carboxylic acid groups (broad SMARTS) is 1. The smallest absolute Gasteiger partial charge is 0.303 e. The van der Waals surface area contributed by atoms with Gasteiger partial charge >= 0.3 is 5.97 Å². The minimum atomic E-state index is -3.32. The molecule has 2 N–H and O–H groups in total. The van der Waals surface area contributed by atoms with Crippen LogP contribution in [0.4, 0.5) is 5.69 Å². The summed E-state index contributed by atoms with van der Waals surface area (Å²) in [5.74, 6) is -1.14. The Kier molecular flexibility index (Phi) is 5.90. The molecule has 21 heavy (non-hydrogen) atoms. The number of rotatable bonds is 7. The average molecular weight is 313 g/mol. The Morgan fingerprint density at radius 1 is 1.19 bits per heavy atom. The molecule has 6 nitrogen and oxygen atoms in total. The van der Waals surface area contributed by atoms with E-state index in [9.17, 15) is 18.0 Å². The molecule has 7 heteroatoms. The van der Waals surface area contributed by atoms with E-state index in [4.69, 9.17) is 5.11 Å². The first kappa shape index (κ1) is 17.2. The molecule has 0 saturated carbocycles. The molecular formula is C14H19NO5S. The fraction of sp³-hybridized carbons (Fsp3) is 0.429. The summed E-state index contributed by atoms with van der Waals surface area (Å²) >= 11 is 0. The minimum Gasteiger partial charge on any atom is -0.481 e. The van der Waals surface area contributed by atoms with Gasteiger partial charge in [-0.1, -0.05) is 6.07 Å². The lowest BCUT2D eigenvalue weighted by Gasteiger charge is -2.10. The van der Waals surface area contributed by atoms with Gasteiger partial charge < -0.3 is 10.4 Å². The van der Waals surface area contributed by atoms with Crippen molar-refractivity contribution >= 4 is 27.4 Å². The van der Waals surface area contributed by atoms with Crippen molar-refractivity contribution < 1.29 is 23.1 Å². The molecular weight excluding hydrogens is 294 g/mol. The summed E-state index contributed by atoms with van der Waals surface area (Å²) in [6.07, 6.45) is 2.26. The zero-order chi connectivity index (χ0) is 16.0. The van der Waals surface area contributed by atoms with Crippen LogP contribution < -0.4 is 5.32 Å². The Bertz CT molecular complexity index is 637. The maximum atomic E-state index is 11.8. The Labute approximate surface area is 124 Å². The van der Waals surface area contributed by atoms with Crippen LogP contribution in [0.25, 0.3) is 0 Å². The molecule has 0 saturated heterocycles. The van der Waals surface area contributed by atoms with Crippen LogP contribution in [-0.2, 0) is 19.4 Å². The second-order valence-corrected chi connectivity index (χ2v) is 6.91. The summed E-state index contributed by atoms with van der Waals surface area (Å²) in [4.78, 5) is 22.3. The summed E-state index contributed by atoms with van der Waals surface area (Å²) in [6.45, 7) is 1.77. The number of amides is 1. The van der Waals surface area contributed by atoms with E-state index >= 15 is 0 Å². The second kappa shape index (κ2) is 7.21. The summed E-state index contributed by atoms with van der Waals surface area (Å²) < 4.78 is 23.0. The third-order valence-electron chi connectivity index (χ3n) is 2.96. The van der Waals surface area contributed by atoms with Gasteiger partial charge in [-0.25, -0.2) is 8.42 Å². The molecule has 0 aromatic heterocycles. The maximum Gasteiger partial charge on any atom is 0.303 e. The summed E-state index contributed by atoms with van der Waals surface area (Å²) in [5, 5.41) is 11.2. The predicted molar refractivity (Wildman–Crippen MR) is 79.0 cm³/mol. The standard InChI is InChI=1S/C14H19NO5S/c1-10-7-8-11(21(2,19)20)9-12(10)15-13(16)5-3-4-6-14(17)18/h7-9H,3-6H2,1-2H3,(H,15,16)(H,17,18).